The Balaban J connectivity index is -0.0000541. The molecule has 107 heavy (non-hydrogen) atoms. The molecular formula is C84H168N4Na2O15P2. The first kappa shape index (κ1) is 111. The third-order valence-corrected chi connectivity index (χ3v) is 21.9. The van der Waals surface area contributed by atoms with Crippen LogP contribution in [-0.2, 0) is 55.8 Å². The summed E-state index contributed by atoms with van der Waals surface area (Å²) in [7, 11) is -9.62. The predicted molar refractivity (Wildman–Crippen MR) is 432 cm³/mol. The van der Waals surface area contributed by atoms with E-state index in [9.17, 15) is 33.3 Å². The summed E-state index contributed by atoms with van der Waals surface area (Å²) in [6.07, 6.45) is 66.3. The van der Waals surface area contributed by atoms with E-state index in [-0.39, 0.29) is 123 Å². The number of rotatable bonds is 87. The van der Waals surface area contributed by atoms with Crippen LogP contribution in [0.15, 0.2) is 0 Å². The van der Waals surface area contributed by atoms with Crippen LogP contribution in [0.3, 0.4) is 0 Å². The third kappa shape index (κ3) is 84.0. The van der Waals surface area contributed by atoms with Crippen molar-refractivity contribution in [3.05, 3.63) is 0 Å². The number of urea groups is 1. The maximum atomic E-state index is 13.1. The second-order valence-electron chi connectivity index (χ2n) is 30.3. The minimum Gasteiger partial charge on any atom is -0.756 e. The Kier molecular flexibility index (Phi) is 90.7. The average Bonchev–Trinajstić information content (AvgIpc) is 0.929. The summed E-state index contributed by atoms with van der Waals surface area (Å²) in [6.45, 7) is 14.1. The standard InChI is InChI=1S/C84H170N4O15P2.2Na/c1-7-13-19-25-29-33-35-37-39-43-47-53-59-67-86-79(75-97-71-65-81(61-55-49-24-18-12-6)103-83(90)63-57-51-45-41-32-28-22-16-10-4)77-101-105(94,95)99-73-69-88-84(91)87-68-72-98-104(92,93)100-76-78(85-66-58-52-46-42-38-36-34-30-26-20-14-8-2)74-96-70-64-80(60-54-48-23-17-11-5)102-82(89)62-56-50-44-40-31-27-21-15-9-3;;/h78-81,85-86H,7-77H2,1-6H3,(H,92,93)(H,94,95)(H2,87,88,91);;/q;2*+1/p-2. The zero-order chi connectivity index (χ0) is 76.7. The van der Waals surface area contributed by atoms with Crippen LogP contribution in [0.4, 0.5) is 4.79 Å². The molecule has 0 saturated heterocycles. The van der Waals surface area contributed by atoms with E-state index >= 15 is 0 Å². The van der Waals surface area contributed by atoms with E-state index in [1.54, 1.807) is 0 Å². The van der Waals surface area contributed by atoms with Gasteiger partial charge in [-0.2, -0.15) is 0 Å². The van der Waals surface area contributed by atoms with Crippen molar-refractivity contribution < 1.29 is 129 Å². The van der Waals surface area contributed by atoms with Crippen molar-refractivity contribution in [3.8, 4) is 0 Å². The van der Waals surface area contributed by atoms with Gasteiger partial charge in [-0.05, 0) is 64.5 Å². The van der Waals surface area contributed by atoms with Gasteiger partial charge in [0.25, 0.3) is 15.6 Å². The van der Waals surface area contributed by atoms with Crippen LogP contribution in [-0.4, -0.2) is 121 Å². The van der Waals surface area contributed by atoms with E-state index in [1.807, 2.05) is 0 Å². The van der Waals surface area contributed by atoms with Crippen LogP contribution < -0.4 is 90.2 Å². The van der Waals surface area contributed by atoms with Gasteiger partial charge in [-0.3, -0.25) is 18.7 Å². The summed E-state index contributed by atoms with van der Waals surface area (Å²) in [5.74, 6) is -0.298. The molecule has 0 aromatic heterocycles. The molecule has 19 nitrogen and oxygen atoms in total. The van der Waals surface area contributed by atoms with Gasteiger partial charge in [-0.25, -0.2) is 4.79 Å². The monoisotopic (exact) mass is 1580 g/mol. The molecule has 626 valence electrons. The van der Waals surface area contributed by atoms with E-state index in [0.717, 1.165) is 141 Å². The van der Waals surface area contributed by atoms with Gasteiger partial charge in [0.2, 0.25) is 0 Å². The molecule has 6 unspecified atom stereocenters. The number of hydrogen-bond donors (Lipinski definition) is 4. The Bertz CT molecular complexity index is 1970. The number of esters is 2. The molecule has 2 amide bonds. The van der Waals surface area contributed by atoms with Crippen molar-refractivity contribution in [2.45, 2.75) is 445 Å². The molecule has 0 aliphatic heterocycles. The Hall–Kier alpha value is 0.270. The molecule has 0 aromatic rings. The summed E-state index contributed by atoms with van der Waals surface area (Å²) < 4.78 is 71.6. The maximum Gasteiger partial charge on any atom is 1.00 e. The first-order chi connectivity index (χ1) is 51.2. The zero-order valence-corrected chi connectivity index (χ0v) is 76.8. The molecule has 0 aliphatic rings. The van der Waals surface area contributed by atoms with Gasteiger partial charge in [-0.1, -0.05) is 343 Å². The normalized spacial score (nSPS) is 13.8. The Morgan fingerprint density at radius 1 is 0.290 bits per heavy atom. The SMILES string of the molecule is CCCCCCCCCCCCCCCNC(COCCC(CCCCCCC)OC(=O)CCCCCCCCCCC)COP(=O)([O-])OCCNC(=O)NCCOP(=O)([O-])OCC(COCCC(CCCCCCC)OC(=O)CCCCCCCCCCC)NCCCCCCCCCCCCCC.[Na+].[Na+]. The number of carbonyl (C=O) groups is 3. The van der Waals surface area contributed by atoms with Gasteiger partial charge in [0.15, 0.2) is 0 Å². The van der Waals surface area contributed by atoms with Gasteiger partial charge >= 0.3 is 77.1 Å². The fraction of sp³-hybridized carbons (Fsp3) is 0.964. The van der Waals surface area contributed by atoms with Crippen molar-refractivity contribution in [3.63, 3.8) is 0 Å². The number of phosphoric acid groups is 2. The van der Waals surface area contributed by atoms with Crippen molar-refractivity contribution in [2.75, 3.05) is 79.0 Å². The van der Waals surface area contributed by atoms with Crippen molar-refractivity contribution in [2.24, 2.45) is 0 Å². The van der Waals surface area contributed by atoms with Gasteiger partial charge in [0, 0.05) is 38.8 Å². The molecule has 0 aromatic carbocycles. The molecular weight excluding hydrogens is 1410 g/mol. The van der Waals surface area contributed by atoms with E-state index in [0.29, 0.717) is 52.0 Å². The van der Waals surface area contributed by atoms with Crippen LogP contribution in [0.2, 0.25) is 0 Å². The average molecular weight is 1580 g/mol. The second-order valence-corrected chi connectivity index (χ2v) is 33.1. The number of ether oxygens (including phenoxy) is 4. The molecule has 6 atom stereocenters. The first-order valence-electron chi connectivity index (χ1n) is 44.5. The summed E-state index contributed by atoms with van der Waals surface area (Å²) in [5.41, 5.74) is 0. The second kappa shape index (κ2) is 87.1. The molecule has 0 fully saturated rings. The van der Waals surface area contributed by atoms with Gasteiger partial charge in [0.1, 0.15) is 12.2 Å². The molecule has 0 spiro atoms. The molecule has 0 aliphatic carbocycles. The van der Waals surface area contributed by atoms with Crippen molar-refractivity contribution >= 4 is 33.6 Å². The van der Waals surface area contributed by atoms with Crippen LogP contribution in [0.25, 0.3) is 0 Å². The number of phosphoric ester groups is 2. The summed E-state index contributed by atoms with van der Waals surface area (Å²) in [5, 5.41) is 11.9. The first-order valence-corrected chi connectivity index (χ1v) is 47.4. The maximum absolute atomic E-state index is 13.1. The molecule has 0 radical (unpaired) electrons. The molecule has 0 rings (SSSR count). The molecule has 23 heteroatoms. The molecule has 0 saturated carbocycles. The van der Waals surface area contributed by atoms with Crippen LogP contribution in [0, 0.1) is 0 Å². The largest absolute Gasteiger partial charge is 1.00 e. The predicted octanol–water partition coefficient (Wildman–Crippen LogP) is 16.2. The minimum atomic E-state index is -4.81. The quantitative estimate of drug-likeness (QED) is 0.0191. The molecule has 0 bridgehead atoms. The fourth-order valence-electron chi connectivity index (χ4n) is 13.2. The van der Waals surface area contributed by atoms with Crippen LogP contribution in [0.5, 0.6) is 0 Å². The smallest absolute Gasteiger partial charge is 0.756 e. The third-order valence-electron chi connectivity index (χ3n) is 19.9. The fourth-order valence-corrected chi connectivity index (χ4v) is 14.7. The topological polar surface area (TPSA) is 253 Å². The van der Waals surface area contributed by atoms with Crippen LogP contribution in [0.1, 0.15) is 420 Å². The van der Waals surface area contributed by atoms with Crippen molar-refractivity contribution in [1.29, 1.82) is 0 Å². The van der Waals surface area contributed by atoms with E-state index < -0.39 is 47.0 Å². The van der Waals surface area contributed by atoms with Gasteiger partial charge in [0.05, 0.1) is 64.9 Å². The number of unbranched alkanes of at least 4 members (excludes halogenated alkanes) is 47. The number of hydrogen-bond acceptors (Lipinski definition) is 17. The minimum absolute atomic E-state index is 0. The van der Waals surface area contributed by atoms with Gasteiger partial charge < -0.3 is 68.1 Å². The molecule has 0 heterocycles. The Morgan fingerprint density at radius 3 is 0.804 bits per heavy atom. The Morgan fingerprint density at radius 2 is 0.533 bits per heavy atom. The van der Waals surface area contributed by atoms with Crippen LogP contribution >= 0.6 is 15.6 Å². The summed E-state index contributed by atoms with van der Waals surface area (Å²) in [4.78, 5) is 64.9. The molecule has 4 N–H and O–H groups in total. The van der Waals surface area contributed by atoms with Crippen molar-refractivity contribution in [1.82, 2.24) is 21.3 Å². The number of nitrogens with one attached hydrogen (secondary N) is 4. The van der Waals surface area contributed by atoms with Gasteiger partial charge in [-0.15, -0.1) is 0 Å². The number of amides is 2. The summed E-state index contributed by atoms with van der Waals surface area (Å²) >= 11 is 0. The van der Waals surface area contributed by atoms with E-state index in [4.69, 9.17) is 37.0 Å². The van der Waals surface area contributed by atoms with E-state index in [2.05, 4.69) is 62.8 Å². The Labute approximate surface area is 702 Å². The number of carbonyl (C=O) groups excluding carboxylic acids is 3. The summed E-state index contributed by atoms with van der Waals surface area (Å²) in [6, 6.07) is -1.60. The zero-order valence-electron chi connectivity index (χ0n) is 71.0. The van der Waals surface area contributed by atoms with E-state index in [1.165, 1.54) is 212 Å².